The van der Waals surface area contributed by atoms with E-state index < -0.39 is 17.5 Å². The Labute approximate surface area is 157 Å². The Hall–Kier alpha value is -3.03. The normalized spacial score (nSPS) is 17.3. The molecule has 2 aromatic heterocycles. The quantitative estimate of drug-likeness (QED) is 0.856. The third-order valence-corrected chi connectivity index (χ3v) is 4.74. The third kappa shape index (κ3) is 3.89. The number of hydrogen-bond donors (Lipinski definition) is 1. The van der Waals surface area contributed by atoms with Gasteiger partial charge in [-0.2, -0.15) is 0 Å². The van der Waals surface area contributed by atoms with Crippen LogP contribution in [0.4, 0.5) is 0 Å². The number of carbonyl (C=O) groups excluding carboxylic acids is 2. The van der Waals surface area contributed by atoms with E-state index in [4.69, 9.17) is 0 Å². The number of rotatable bonds is 5. The summed E-state index contributed by atoms with van der Waals surface area (Å²) in [7, 11) is 1.74. The minimum Gasteiger partial charge on any atom is -0.342 e. The molecule has 1 saturated heterocycles. The first-order valence-corrected chi connectivity index (χ1v) is 9.09. The lowest BCUT2D eigenvalue weighted by Crippen LogP contribution is -2.58. The van der Waals surface area contributed by atoms with Gasteiger partial charge in [-0.1, -0.05) is 25.8 Å². The standard InChI is InChI=1S/C19H23N5O3/c1-3-4-8-15-19(27)23(2)10-11-24(15)18(26)13-12-21-16(22-17(13)25)14-7-5-6-9-20-14/h5-7,9,12,15H,3-4,8,10-11H2,1-2H3,(H,21,22,25)/t15-/m1/s1. The van der Waals surface area contributed by atoms with Crippen molar-refractivity contribution < 1.29 is 9.59 Å². The number of nitrogens with zero attached hydrogens (tertiary/aromatic N) is 4. The Morgan fingerprint density at radius 3 is 2.74 bits per heavy atom. The van der Waals surface area contributed by atoms with Crippen LogP contribution in [0.3, 0.4) is 0 Å². The van der Waals surface area contributed by atoms with Crippen LogP contribution >= 0.6 is 0 Å². The topological polar surface area (TPSA) is 99.3 Å². The molecule has 0 aliphatic carbocycles. The zero-order valence-corrected chi connectivity index (χ0v) is 15.5. The van der Waals surface area contributed by atoms with Gasteiger partial charge < -0.3 is 14.8 Å². The fourth-order valence-electron chi connectivity index (χ4n) is 3.17. The van der Waals surface area contributed by atoms with Crippen LogP contribution < -0.4 is 5.56 Å². The van der Waals surface area contributed by atoms with Crippen LogP contribution in [0.1, 0.15) is 36.5 Å². The minimum atomic E-state index is -0.536. The molecule has 1 N–H and O–H groups in total. The van der Waals surface area contributed by atoms with Crippen LogP contribution in [0.25, 0.3) is 11.5 Å². The molecule has 1 atom stereocenters. The Morgan fingerprint density at radius 1 is 1.26 bits per heavy atom. The molecule has 0 saturated carbocycles. The van der Waals surface area contributed by atoms with Crippen molar-refractivity contribution in [2.75, 3.05) is 20.1 Å². The summed E-state index contributed by atoms with van der Waals surface area (Å²) in [5, 5.41) is 0. The van der Waals surface area contributed by atoms with Crippen molar-refractivity contribution in [2.45, 2.75) is 32.2 Å². The molecule has 2 amide bonds. The fourth-order valence-corrected chi connectivity index (χ4v) is 3.17. The Bertz CT molecular complexity index is 880. The molecule has 1 aliphatic rings. The first-order chi connectivity index (χ1) is 13.0. The van der Waals surface area contributed by atoms with Crippen LogP contribution in [-0.4, -0.2) is 62.7 Å². The van der Waals surface area contributed by atoms with E-state index in [0.29, 0.717) is 31.0 Å². The number of hydrogen-bond acceptors (Lipinski definition) is 5. The third-order valence-electron chi connectivity index (χ3n) is 4.74. The van der Waals surface area contributed by atoms with Crippen LogP contribution in [-0.2, 0) is 4.79 Å². The molecule has 1 aliphatic heterocycles. The van der Waals surface area contributed by atoms with E-state index in [1.165, 1.54) is 11.1 Å². The van der Waals surface area contributed by atoms with Crippen molar-refractivity contribution in [3.63, 3.8) is 0 Å². The van der Waals surface area contributed by atoms with Crippen LogP contribution in [0.15, 0.2) is 35.4 Å². The highest BCUT2D eigenvalue weighted by molar-refractivity contribution is 5.97. The molecular weight excluding hydrogens is 346 g/mol. The lowest BCUT2D eigenvalue weighted by molar-refractivity contribution is -0.138. The minimum absolute atomic E-state index is 0.0615. The molecule has 3 rings (SSSR count). The molecule has 0 unspecified atom stereocenters. The first-order valence-electron chi connectivity index (χ1n) is 9.09. The lowest BCUT2D eigenvalue weighted by Gasteiger charge is -2.39. The van der Waals surface area contributed by atoms with Gasteiger partial charge in [0.25, 0.3) is 11.5 Å². The highest BCUT2D eigenvalue weighted by Gasteiger charge is 2.36. The maximum atomic E-state index is 13.0. The maximum Gasteiger partial charge on any atom is 0.264 e. The van der Waals surface area contributed by atoms with E-state index in [1.807, 2.05) is 6.92 Å². The van der Waals surface area contributed by atoms with Gasteiger partial charge >= 0.3 is 0 Å². The van der Waals surface area contributed by atoms with Crippen molar-refractivity contribution in [3.05, 3.63) is 46.5 Å². The van der Waals surface area contributed by atoms with Gasteiger partial charge in [0.05, 0.1) is 0 Å². The van der Waals surface area contributed by atoms with Gasteiger partial charge in [0.2, 0.25) is 5.91 Å². The summed E-state index contributed by atoms with van der Waals surface area (Å²) in [5.74, 6) is -0.245. The molecule has 8 nitrogen and oxygen atoms in total. The number of likely N-dealkylation sites (N-methyl/N-ethyl adjacent to an activating group) is 1. The van der Waals surface area contributed by atoms with Crippen molar-refractivity contribution in [2.24, 2.45) is 0 Å². The molecule has 0 aromatic carbocycles. The van der Waals surface area contributed by atoms with Crippen molar-refractivity contribution >= 4 is 11.8 Å². The number of carbonyl (C=O) groups is 2. The van der Waals surface area contributed by atoms with Gasteiger partial charge in [0, 0.05) is 32.5 Å². The largest absolute Gasteiger partial charge is 0.342 e. The highest BCUT2D eigenvalue weighted by Crippen LogP contribution is 2.18. The number of aromatic nitrogens is 3. The average molecular weight is 369 g/mol. The number of aromatic amines is 1. The van der Waals surface area contributed by atoms with Gasteiger partial charge in [-0.15, -0.1) is 0 Å². The van der Waals surface area contributed by atoms with Gasteiger partial charge in [-0.3, -0.25) is 19.4 Å². The maximum absolute atomic E-state index is 13.0. The SMILES string of the molecule is CCCC[C@@H]1C(=O)N(C)CCN1C(=O)c1cnc(-c2ccccn2)[nH]c1=O. The van der Waals surface area contributed by atoms with Gasteiger partial charge in [-0.25, -0.2) is 4.98 Å². The molecule has 3 heterocycles. The average Bonchev–Trinajstić information content (AvgIpc) is 2.69. The number of pyridine rings is 1. The molecule has 1 fully saturated rings. The van der Waals surface area contributed by atoms with Crippen molar-refractivity contribution in [3.8, 4) is 11.5 Å². The second kappa shape index (κ2) is 8.11. The van der Waals surface area contributed by atoms with E-state index >= 15 is 0 Å². The molecule has 142 valence electrons. The van der Waals surface area contributed by atoms with E-state index in [0.717, 1.165) is 12.8 Å². The second-order valence-electron chi connectivity index (χ2n) is 6.61. The summed E-state index contributed by atoms with van der Waals surface area (Å²) in [5.41, 5.74) is -0.0750. The molecule has 0 spiro atoms. The van der Waals surface area contributed by atoms with Crippen LogP contribution in [0, 0.1) is 0 Å². The molecular formula is C19H23N5O3. The summed E-state index contributed by atoms with van der Waals surface area (Å²) in [4.78, 5) is 52.1. The van der Waals surface area contributed by atoms with E-state index in [9.17, 15) is 14.4 Å². The van der Waals surface area contributed by atoms with Gasteiger partial charge in [-0.05, 0) is 18.6 Å². The summed E-state index contributed by atoms with van der Waals surface area (Å²) in [6.07, 6.45) is 5.22. The smallest absolute Gasteiger partial charge is 0.264 e. The molecule has 0 radical (unpaired) electrons. The Kier molecular flexibility index (Phi) is 5.63. The zero-order chi connectivity index (χ0) is 19.4. The highest BCUT2D eigenvalue weighted by atomic mass is 16.2. The van der Waals surface area contributed by atoms with Gasteiger partial charge in [0.1, 0.15) is 17.3 Å². The number of unbranched alkanes of at least 4 members (excludes halogenated alkanes) is 1. The molecule has 0 bridgehead atoms. The van der Waals surface area contributed by atoms with E-state index in [1.54, 1.807) is 36.3 Å². The fraction of sp³-hybridized carbons (Fsp3) is 0.421. The summed E-state index contributed by atoms with van der Waals surface area (Å²) >= 11 is 0. The number of amides is 2. The predicted molar refractivity (Wildman–Crippen MR) is 100 cm³/mol. The van der Waals surface area contributed by atoms with E-state index in [2.05, 4.69) is 15.0 Å². The lowest BCUT2D eigenvalue weighted by atomic mass is 10.0. The first kappa shape index (κ1) is 18.8. The number of H-pyrrole nitrogens is 1. The van der Waals surface area contributed by atoms with E-state index in [-0.39, 0.29) is 11.5 Å². The zero-order valence-electron chi connectivity index (χ0n) is 15.5. The summed E-state index contributed by atoms with van der Waals surface area (Å²) in [6, 6.07) is 4.74. The predicted octanol–water partition coefficient (Wildman–Crippen LogP) is 1.30. The molecule has 2 aromatic rings. The molecule has 27 heavy (non-hydrogen) atoms. The summed E-state index contributed by atoms with van der Waals surface area (Å²) in [6.45, 7) is 2.88. The number of piperazine rings is 1. The number of nitrogens with one attached hydrogen (secondary N) is 1. The van der Waals surface area contributed by atoms with Gasteiger partial charge in [0.15, 0.2) is 5.82 Å². The Balaban J connectivity index is 1.88. The Morgan fingerprint density at radius 2 is 2.07 bits per heavy atom. The van der Waals surface area contributed by atoms with Crippen molar-refractivity contribution in [1.29, 1.82) is 0 Å². The molecule has 8 heteroatoms. The second-order valence-corrected chi connectivity index (χ2v) is 6.61. The van der Waals surface area contributed by atoms with Crippen LogP contribution in [0.5, 0.6) is 0 Å². The summed E-state index contributed by atoms with van der Waals surface area (Å²) < 4.78 is 0. The van der Waals surface area contributed by atoms with Crippen molar-refractivity contribution in [1.82, 2.24) is 24.8 Å². The monoisotopic (exact) mass is 369 g/mol. The van der Waals surface area contributed by atoms with Crippen LogP contribution in [0.2, 0.25) is 0 Å².